The Hall–Kier alpha value is -14.7. The monoisotopic (exact) mass is 1940 g/mol. The number of ether oxygens (including phenoxy) is 4. The zero-order valence-corrected chi connectivity index (χ0v) is 81.1. The van der Waals surface area contributed by atoms with Crippen LogP contribution in [0.2, 0.25) is 0 Å². The van der Waals surface area contributed by atoms with Gasteiger partial charge in [-0.1, -0.05) is 0 Å². The van der Waals surface area contributed by atoms with E-state index >= 15 is 0 Å². The maximum absolute atomic E-state index is 13.7. The molecule has 0 amide bonds. The molecule has 0 unspecified atom stereocenters. The zero-order chi connectivity index (χ0) is 97.4. The van der Waals surface area contributed by atoms with Crippen molar-refractivity contribution in [2.24, 2.45) is 0 Å². The molecule has 32 heteroatoms. The van der Waals surface area contributed by atoms with Gasteiger partial charge in [0.05, 0.1) is 51.8 Å². The van der Waals surface area contributed by atoms with Crippen LogP contribution in [0.3, 0.4) is 0 Å². The van der Waals surface area contributed by atoms with Crippen LogP contribution < -0.4 is 49.4 Å². The lowest BCUT2D eigenvalue weighted by molar-refractivity contribution is 0.0515. The Morgan fingerprint density at radius 2 is 0.755 bits per heavy atom. The lowest BCUT2D eigenvalue weighted by Crippen LogP contribution is -2.43. The lowest BCUT2D eigenvalue weighted by atomic mass is 10.0. The number of oxazole rings is 4. The standard InChI is InChI=1S/2C23H23FN4O2.C22H23FN4O2.C22H23FN4O.C21H22FN3O/c1-14-13-29-9-8-28(14)23-26-21-11-16(3-5-22(21)30-23)27-7-6-19-18(12-27)17-4-2-15(24)10-20(17)25-19;1-14-12-28(8-9-29-14)23-26-21-11-16(3-5-22(21)30-23)27-7-6-19-18(13-27)17-4-2-15(24)10-20(17)25-19;1-26(9-10-28-2)22-25-20-12-15(4-6-21(20)29-22)27-8-7-18-17(13-27)16-5-3-14(23)11-19(16)24-18;1-22(2,3)26-21-25-19-11-14(5-7-20(19)28-21)27-9-8-17-16(12-27)15-6-4-13(23)10-18(15)24-17;22-15-1-6-20-18(13-15)19-14-25(8-7-21(19)23-20)17-4-2-16(3-5-17)24-9-11-26-12-10-24/h2*2-5,10-11,14,25H,6-9,12-13H2,1H3;3-6,11-12,24H,7-10,13H2,1-2H3;4-7,10-11,24H,8-9,12H2,1-3H3,(H,25,26);1-6,13,23H,7-12,14H2/t2*14-;;;/m01.../s1. The number of aromatic amines is 5. The van der Waals surface area contributed by atoms with Gasteiger partial charge in [0.1, 0.15) is 51.2 Å². The van der Waals surface area contributed by atoms with Gasteiger partial charge in [0.25, 0.3) is 24.1 Å². The van der Waals surface area contributed by atoms with Crippen LogP contribution in [0.4, 0.5) is 80.1 Å². The van der Waals surface area contributed by atoms with Crippen LogP contribution in [-0.4, -0.2) is 188 Å². The van der Waals surface area contributed by atoms with E-state index in [1.165, 1.54) is 98.0 Å². The van der Waals surface area contributed by atoms with Crippen molar-refractivity contribution in [1.82, 2.24) is 44.9 Å². The van der Waals surface area contributed by atoms with Gasteiger partial charge < -0.3 is 111 Å². The summed E-state index contributed by atoms with van der Waals surface area (Å²) in [6, 6.07) is 61.1. The summed E-state index contributed by atoms with van der Waals surface area (Å²) < 4.78 is 113. The number of hydrogen-bond acceptors (Lipinski definition) is 22. The van der Waals surface area contributed by atoms with Gasteiger partial charge in [-0.15, -0.1) is 0 Å². The molecule has 736 valence electrons. The van der Waals surface area contributed by atoms with Crippen LogP contribution in [0.15, 0.2) is 206 Å². The molecule has 17 heterocycles. The molecule has 3 saturated heterocycles. The third-order valence-corrected chi connectivity index (χ3v) is 28.8. The second kappa shape index (κ2) is 38.6. The molecule has 2 atom stereocenters. The van der Waals surface area contributed by atoms with Crippen molar-refractivity contribution in [3.8, 4) is 0 Å². The number of nitrogens with zero attached hydrogens (tertiary/aromatic N) is 13. The van der Waals surface area contributed by atoms with E-state index in [4.69, 9.17) is 46.6 Å². The fraction of sp³-hybridized carbons (Fsp3) is 0.333. The second-order valence-corrected chi connectivity index (χ2v) is 39.5. The van der Waals surface area contributed by atoms with Crippen LogP contribution in [0, 0.1) is 29.1 Å². The SMILES string of the molecule is CC(C)(C)Nc1nc2cc(N3CCc4[nH]c5cc(F)ccc5c4C3)ccc2o1.COCCN(C)c1nc2cc(N3CCc4[nH]c5cc(F)ccc5c4C3)ccc2o1.C[C@@H]1CN(c2nc3cc(N4CCc5[nH]c6cc(F)ccc6c5C4)ccc3o2)CCO1.C[C@H]1COCCN1c1nc2cc(N3CCc4[nH]c5cc(F)ccc5c4C3)ccc2o1.Fc1ccc2[nH]c3c(c2c1)CN(c1ccc(N2CCOCC2)cc1)CC3. The molecule has 8 aliphatic heterocycles. The molecule has 6 N–H and O–H groups in total. The van der Waals surface area contributed by atoms with Gasteiger partial charge in [0, 0.05) is 301 Å². The fourth-order valence-electron chi connectivity index (χ4n) is 21.3. The van der Waals surface area contributed by atoms with Crippen molar-refractivity contribution >= 4 is 157 Å². The van der Waals surface area contributed by atoms with Crippen LogP contribution in [0.1, 0.15) is 90.9 Å². The molecule has 27 rings (SSSR count). The number of nitrogens with one attached hydrogen (secondary N) is 6. The maximum atomic E-state index is 13.7. The average Bonchev–Trinajstić information content (AvgIpc) is 1.64. The number of fused-ring (bicyclic) bond motifs is 19. The first-order chi connectivity index (χ1) is 69.5. The summed E-state index contributed by atoms with van der Waals surface area (Å²) in [5.41, 5.74) is 30.2. The van der Waals surface area contributed by atoms with E-state index < -0.39 is 0 Å². The summed E-state index contributed by atoms with van der Waals surface area (Å²) in [5, 5.41) is 8.68. The highest BCUT2D eigenvalue weighted by atomic mass is 19.1. The third-order valence-electron chi connectivity index (χ3n) is 28.8. The summed E-state index contributed by atoms with van der Waals surface area (Å²) >= 11 is 0. The Morgan fingerprint density at radius 1 is 0.378 bits per heavy atom. The highest BCUT2D eigenvalue weighted by Gasteiger charge is 2.32. The average molecular weight is 1940 g/mol. The zero-order valence-electron chi connectivity index (χ0n) is 81.1. The molecule has 19 aromatic rings. The van der Waals surface area contributed by atoms with Gasteiger partial charge in [0.15, 0.2) is 22.3 Å². The predicted octanol–water partition coefficient (Wildman–Crippen LogP) is 21.5. The minimum Gasteiger partial charge on any atom is -0.424 e. The summed E-state index contributed by atoms with van der Waals surface area (Å²) in [7, 11) is 3.62. The third kappa shape index (κ3) is 19.1. The van der Waals surface area contributed by atoms with Crippen molar-refractivity contribution in [2.45, 2.75) is 117 Å². The molecule has 0 bridgehead atoms. The number of methoxy groups -OCH3 is 1. The summed E-state index contributed by atoms with van der Waals surface area (Å²) in [6.45, 7) is 28.2. The van der Waals surface area contributed by atoms with Crippen LogP contribution in [0.25, 0.3) is 98.9 Å². The Kier molecular flexibility index (Phi) is 24.8. The molecule has 0 radical (unpaired) electrons. The van der Waals surface area contributed by atoms with Crippen LogP contribution in [0.5, 0.6) is 0 Å². The van der Waals surface area contributed by atoms with Crippen LogP contribution in [-0.2, 0) is 83.8 Å². The molecule has 0 aliphatic carbocycles. The molecule has 0 spiro atoms. The van der Waals surface area contributed by atoms with E-state index in [0.29, 0.717) is 57.0 Å². The number of likely N-dealkylation sites (N-methyl/N-ethyl adjacent to an activating group) is 1. The molecule has 27 nitrogen and oxygen atoms in total. The van der Waals surface area contributed by atoms with Gasteiger partial charge in [0.2, 0.25) is 0 Å². The Balaban J connectivity index is 0.0000000992. The normalized spacial score (nSPS) is 17.1. The van der Waals surface area contributed by atoms with Crippen molar-refractivity contribution in [3.05, 3.63) is 273 Å². The smallest absolute Gasteiger partial charge is 0.298 e. The topological polar surface area (TPSA) is 261 Å². The van der Waals surface area contributed by atoms with E-state index in [9.17, 15) is 22.0 Å². The first-order valence-corrected chi connectivity index (χ1v) is 49.5. The Bertz CT molecular complexity index is 7920. The Labute approximate surface area is 821 Å². The largest absolute Gasteiger partial charge is 0.424 e. The predicted molar refractivity (Wildman–Crippen MR) is 554 cm³/mol. The number of H-pyrrole nitrogens is 5. The number of rotatable bonds is 13. The van der Waals surface area contributed by atoms with E-state index in [-0.39, 0.29) is 46.8 Å². The summed E-state index contributed by atoms with van der Waals surface area (Å²) in [5.74, 6) is -1.01. The molecule has 9 aromatic heterocycles. The van der Waals surface area contributed by atoms with Gasteiger partial charge in [-0.25, -0.2) is 22.0 Å². The maximum Gasteiger partial charge on any atom is 0.298 e. The first-order valence-electron chi connectivity index (χ1n) is 49.5. The van der Waals surface area contributed by atoms with Gasteiger partial charge >= 0.3 is 0 Å². The van der Waals surface area contributed by atoms with Gasteiger partial charge in [-0.05, 0) is 223 Å². The van der Waals surface area contributed by atoms with Crippen LogP contribution >= 0.6 is 0 Å². The fourth-order valence-corrected chi connectivity index (χ4v) is 21.3. The number of anilines is 10. The number of aromatic nitrogens is 9. The highest BCUT2D eigenvalue weighted by Crippen LogP contribution is 2.42. The molecule has 143 heavy (non-hydrogen) atoms. The Morgan fingerprint density at radius 3 is 1.21 bits per heavy atom. The molecule has 10 aromatic carbocycles. The van der Waals surface area contributed by atoms with Gasteiger partial charge in [-0.2, -0.15) is 19.9 Å². The van der Waals surface area contributed by atoms with Crippen molar-refractivity contribution in [3.63, 3.8) is 0 Å². The minimum absolute atomic E-state index is 0.109. The van der Waals surface area contributed by atoms with Crippen molar-refractivity contribution in [2.75, 3.05) is 175 Å². The summed E-state index contributed by atoms with van der Waals surface area (Å²) in [4.78, 5) is 56.1. The molecular formula is C111H114F5N19O8. The second-order valence-electron chi connectivity index (χ2n) is 39.5. The minimum atomic E-state index is -0.212. The molecule has 0 saturated carbocycles. The van der Waals surface area contributed by atoms with Gasteiger partial charge in [-0.3, -0.25) is 0 Å². The van der Waals surface area contributed by atoms with E-state index in [0.717, 1.165) is 265 Å². The number of halogens is 5. The first kappa shape index (κ1) is 92.0. The lowest BCUT2D eigenvalue weighted by Gasteiger charge is -2.31. The number of hydrogen-bond donors (Lipinski definition) is 6. The van der Waals surface area contributed by atoms with Crippen molar-refractivity contribution in [1.29, 1.82) is 0 Å². The van der Waals surface area contributed by atoms with Crippen molar-refractivity contribution < 1.29 is 58.6 Å². The number of morpholine rings is 3. The molecule has 8 aliphatic rings. The highest BCUT2D eigenvalue weighted by molar-refractivity contribution is 5.92. The molecule has 3 fully saturated rings. The van der Waals surface area contributed by atoms with E-state index in [2.05, 4.69) is 187 Å². The quantitative estimate of drug-likeness (QED) is 0.0586. The van der Waals surface area contributed by atoms with E-state index in [1.54, 1.807) is 37.4 Å². The number of benzene rings is 10. The summed E-state index contributed by atoms with van der Waals surface area (Å²) in [6.07, 6.45) is 4.73. The van der Waals surface area contributed by atoms with E-state index in [1.807, 2.05) is 66.5 Å². The molecular weight excluding hydrogens is 1820 g/mol.